The highest BCUT2D eigenvalue weighted by Crippen LogP contribution is 2.38. The molecule has 0 saturated heterocycles. The van der Waals surface area contributed by atoms with Gasteiger partial charge in [0.05, 0.1) is 11.9 Å². The summed E-state index contributed by atoms with van der Waals surface area (Å²) in [4.78, 5) is 0. The number of rotatable bonds is 9. The molecule has 0 bridgehead atoms. The van der Waals surface area contributed by atoms with Crippen molar-refractivity contribution in [1.29, 1.82) is 0 Å². The van der Waals surface area contributed by atoms with Crippen molar-refractivity contribution in [3.05, 3.63) is 71.3 Å². The molecule has 1 aliphatic rings. The Morgan fingerprint density at radius 3 is 2.13 bits per heavy atom. The van der Waals surface area contributed by atoms with E-state index in [0.717, 1.165) is 17.4 Å². The van der Waals surface area contributed by atoms with Crippen LogP contribution in [0.2, 0.25) is 0 Å². The summed E-state index contributed by atoms with van der Waals surface area (Å²) in [6.07, 6.45) is 12.4. The van der Waals surface area contributed by atoms with E-state index in [1.165, 1.54) is 68.2 Å². The molecule has 30 heavy (non-hydrogen) atoms. The standard InChI is InChI=1S/C28H38N2/c1-4-9-24(10-5-2)25-17-19-27(20-18-25)28(26-11-7-6-8-12-26)30-29-21-23-15-13-22(3)14-16-23/h6-8,11-16,21,24-25,27H,4-5,9-10,17-20H2,1-3H3/t25-,27-. The minimum Gasteiger partial charge on any atom is -0.158 e. The normalized spacial score (nSPS) is 20.2. The molecule has 0 unspecified atom stereocenters. The summed E-state index contributed by atoms with van der Waals surface area (Å²) in [7, 11) is 0. The Hall–Kier alpha value is -2.22. The van der Waals surface area contributed by atoms with E-state index in [1.807, 2.05) is 6.21 Å². The maximum atomic E-state index is 4.76. The molecule has 0 spiro atoms. The van der Waals surface area contributed by atoms with Crippen molar-refractivity contribution >= 4 is 11.9 Å². The second kappa shape index (κ2) is 11.8. The number of nitrogens with zero attached hydrogens (tertiary/aromatic N) is 2. The fourth-order valence-corrected chi connectivity index (χ4v) is 5.02. The van der Waals surface area contributed by atoms with Crippen LogP contribution in [0.5, 0.6) is 0 Å². The van der Waals surface area contributed by atoms with Crippen LogP contribution in [-0.4, -0.2) is 11.9 Å². The van der Waals surface area contributed by atoms with Crippen LogP contribution in [0.15, 0.2) is 64.8 Å². The Balaban J connectivity index is 1.73. The third-order valence-electron chi connectivity index (χ3n) is 6.66. The van der Waals surface area contributed by atoms with Gasteiger partial charge >= 0.3 is 0 Å². The summed E-state index contributed by atoms with van der Waals surface area (Å²) in [5.74, 6) is 2.33. The summed E-state index contributed by atoms with van der Waals surface area (Å²) in [6, 6.07) is 19.1. The smallest absolute Gasteiger partial charge is 0.0733 e. The Labute approximate surface area is 183 Å². The molecule has 0 atom stereocenters. The molecule has 0 amide bonds. The summed E-state index contributed by atoms with van der Waals surface area (Å²) >= 11 is 0. The van der Waals surface area contributed by atoms with Crippen molar-refractivity contribution in [1.82, 2.24) is 0 Å². The summed E-state index contributed by atoms with van der Waals surface area (Å²) in [6.45, 7) is 6.77. The zero-order valence-electron chi connectivity index (χ0n) is 19.1. The van der Waals surface area contributed by atoms with Gasteiger partial charge in [-0.1, -0.05) is 99.7 Å². The van der Waals surface area contributed by atoms with Crippen molar-refractivity contribution in [2.75, 3.05) is 0 Å². The van der Waals surface area contributed by atoms with Crippen LogP contribution >= 0.6 is 0 Å². The summed E-state index contributed by atoms with van der Waals surface area (Å²) in [5.41, 5.74) is 4.75. The lowest BCUT2D eigenvalue weighted by molar-refractivity contribution is 0.206. The molecule has 1 saturated carbocycles. The summed E-state index contributed by atoms with van der Waals surface area (Å²) < 4.78 is 0. The largest absolute Gasteiger partial charge is 0.158 e. The molecule has 1 fully saturated rings. The van der Waals surface area contributed by atoms with Gasteiger partial charge < -0.3 is 0 Å². The Kier molecular flexibility index (Phi) is 8.86. The van der Waals surface area contributed by atoms with E-state index in [0.29, 0.717) is 5.92 Å². The minimum absolute atomic E-state index is 0.516. The molecule has 0 radical (unpaired) electrons. The van der Waals surface area contributed by atoms with E-state index >= 15 is 0 Å². The van der Waals surface area contributed by atoms with Crippen LogP contribution in [0.3, 0.4) is 0 Å². The van der Waals surface area contributed by atoms with Gasteiger partial charge in [-0.25, -0.2) is 0 Å². The molecule has 0 heterocycles. The maximum absolute atomic E-state index is 4.76. The van der Waals surface area contributed by atoms with Gasteiger partial charge in [-0.3, -0.25) is 0 Å². The second-order valence-electron chi connectivity index (χ2n) is 8.96. The molecule has 2 heteroatoms. The number of hydrogen-bond acceptors (Lipinski definition) is 2. The van der Waals surface area contributed by atoms with Crippen LogP contribution in [0.4, 0.5) is 0 Å². The van der Waals surface area contributed by atoms with E-state index < -0.39 is 0 Å². The first kappa shape index (κ1) is 22.5. The predicted octanol–water partition coefficient (Wildman–Crippen LogP) is 7.84. The van der Waals surface area contributed by atoms with Crippen molar-refractivity contribution in [2.45, 2.75) is 72.1 Å². The van der Waals surface area contributed by atoms with Crippen LogP contribution in [0, 0.1) is 24.7 Å². The van der Waals surface area contributed by atoms with E-state index in [-0.39, 0.29) is 0 Å². The fourth-order valence-electron chi connectivity index (χ4n) is 5.02. The molecule has 1 aliphatic carbocycles. The molecule has 2 aromatic carbocycles. The molecular formula is C28H38N2. The van der Waals surface area contributed by atoms with Crippen LogP contribution in [0.1, 0.15) is 81.9 Å². The summed E-state index contributed by atoms with van der Waals surface area (Å²) in [5, 5.41) is 9.26. The van der Waals surface area contributed by atoms with Crippen LogP contribution in [-0.2, 0) is 0 Å². The topological polar surface area (TPSA) is 24.7 Å². The predicted molar refractivity (Wildman–Crippen MR) is 131 cm³/mol. The third-order valence-corrected chi connectivity index (χ3v) is 6.66. The number of hydrogen-bond donors (Lipinski definition) is 0. The van der Waals surface area contributed by atoms with Crippen LogP contribution < -0.4 is 0 Å². The van der Waals surface area contributed by atoms with Gasteiger partial charge in [-0.2, -0.15) is 10.2 Å². The molecule has 2 nitrogen and oxygen atoms in total. The average molecular weight is 403 g/mol. The number of aryl methyl sites for hydroxylation is 1. The first-order chi connectivity index (χ1) is 14.7. The highest BCUT2D eigenvalue weighted by molar-refractivity contribution is 6.02. The molecule has 0 aliphatic heterocycles. The van der Waals surface area contributed by atoms with E-state index in [1.54, 1.807) is 0 Å². The molecule has 0 aromatic heterocycles. The van der Waals surface area contributed by atoms with E-state index in [2.05, 4.69) is 80.5 Å². The lowest BCUT2D eigenvalue weighted by atomic mass is 9.71. The molecule has 160 valence electrons. The minimum atomic E-state index is 0.516. The Bertz CT molecular complexity index is 790. The maximum Gasteiger partial charge on any atom is 0.0733 e. The average Bonchev–Trinajstić information content (AvgIpc) is 2.79. The zero-order chi connectivity index (χ0) is 21.2. The quantitative estimate of drug-likeness (QED) is 0.301. The fraction of sp³-hybridized carbons (Fsp3) is 0.500. The second-order valence-corrected chi connectivity index (χ2v) is 8.96. The monoisotopic (exact) mass is 402 g/mol. The van der Waals surface area contributed by atoms with E-state index in [9.17, 15) is 0 Å². The van der Waals surface area contributed by atoms with Crippen molar-refractivity contribution in [3.8, 4) is 0 Å². The van der Waals surface area contributed by atoms with Gasteiger partial charge in [0.2, 0.25) is 0 Å². The lowest BCUT2D eigenvalue weighted by Gasteiger charge is -2.34. The van der Waals surface area contributed by atoms with Gasteiger partial charge in [0.25, 0.3) is 0 Å². The molecule has 2 aromatic rings. The first-order valence-corrected chi connectivity index (χ1v) is 11.9. The Morgan fingerprint density at radius 2 is 1.53 bits per heavy atom. The van der Waals surface area contributed by atoms with Crippen LogP contribution in [0.25, 0.3) is 0 Å². The zero-order valence-corrected chi connectivity index (χ0v) is 19.1. The van der Waals surface area contributed by atoms with Gasteiger partial charge in [-0.05, 0) is 55.6 Å². The van der Waals surface area contributed by atoms with Crippen molar-refractivity contribution < 1.29 is 0 Å². The van der Waals surface area contributed by atoms with E-state index in [4.69, 9.17) is 5.10 Å². The van der Waals surface area contributed by atoms with Gasteiger partial charge in [0, 0.05) is 5.92 Å². The SMILES string of the molecule is CCCC(CCC)[C@H]1CC[C@H](C(=NN=Cc2ccc(C)cc2)c2ccccc2)CC1. The third kappa shape index (κ3) is 6.39. The first-order valence-electron chi connectivity index (χ1n) is 11.9. The molecular weight excluding hydrogens is 364 g/mol. The highest BCUT2D eigenvalue weighted by Gasteiger charge is 2.29. The van der Waals surface area contributed by atoms with Crippen molar-refractivity contribution in [2.24, 2.45) is 28.0 Å². The lowest BCUT2D eigenvalue weighted by Crippen LogP contribution is -2.26. The van der Waals surface area contributed by atoms with Gasteiger partial charge in [0.1, 0.15) is 0 Å². The Morgan fingerprint density at radius 1 is 0.900 bits per heavy atom. The molecule has 3 rings (SSSR count). The number of benzene rings is 2. The highest BCUT2D eigenvalue weighted by atomic mass is 15.2. The van der Waals surface area contributed by atoms with Crippen molar-refractivity contribution in [3.63, 3.8) is 0 Å². The molecule has 0 N–H and O–H groups in total. The van der Waals surface area contributed by atoms with Gasteiger partial charge in [0.15, 0.2) is 0 Å². The van der Waals surface area contributed by atoms with Gasteiger partial charge in [-0.15, -0.1) is 0 Å².